The summed E-state index contributed by atoms with van der Waals surface area (Å²) in [5.74, 6) is -0.146. The van der Waals surface area contributed by atoms with E-state index in [0.29, 0.717) is 21.3 Å². The van der Waals surface area contributed by atoms with Crippen molar-refractivity contribution < 1.29 is 13.9 Å². The number of halogens is 1. The number of ketones is 1. The summed E-state index contributed by atoms with van der Waals surface area (Å²) in [6.45, 7) is 3.01. The summed E-state index contributed by atoms with van der Waals surface area (Å²) < 4.78 is 19.7. The van der Waals surface area contributed by atoms with Crippen molar-refractivity contribution in [3.05, 3.63) is 85.1 Å². The lowest BCUT2D eigenvalue weighted by molar-refractivity contribution is 0.0969. The number of rotatable bonds is 5. The molecule has 6 nitrogen and oxygen atoms in total. The molecule has 2 aromatic heterocycles. The minimum atomic E-state index is -0.663. The molecule has 0 aliphatic rings. The number of aromatic nitrogens is 2. The second kappa shape index (κ2) is 7.96. The maximum Gasteiger partial charge on any atom is 0.329 e. The van der Waals surface area contributed by atoms with E-state index in [0.717, 1.165) is 21.4 Å². The minimum absolute atomic E-state index is 0.238. The Balaban J connectivity index is 1.80. The van der Waals surface area contributed by atoms with Gasteiger partial charge in [0, 0.05) is 16.5 Å². The molecule has 0 fully saturated rings. The molecule has 1 N–H and O–H groups in total. The molecule has 0 saturated heterocycles. The number of thiophene rings is 1. The third-order valence-corrected chi connectivity index (χ3v) is 6.10. The number of nitrogens with one attached hydrogen (secondary N) is 1. The molecule has 0 spiro atoms. The number of hydrogen-bond donors (Lipinski definition) is 1. The van der Waals surface area contributed by atoms with E-state index in [1.165, 1.54) is 29.5 Å². The Morgan fingerprint density at radius 2 is 1.90 bits per heavy atom. The summed E-state index contributed by atoms with van der Waals surface area (Å²) in [5, 5.41) is 2.15. The van der Waals surface area contributed by atoms with Crippen molar-refractivity contribution in [3.63, 3.8) is 0 Å². The van der Waals surface area contributed by atoms with Gasteiger partial charge in [0.25, 0.3) is 5.56 Å². The molecule has 0 bridgehead atoms. The predicted molar refractivity (Wildman–Crippen MR) is 119 cm³/mol. The first-order valence-electron chi connectivity index (χ1n) is 9.49. The van der Waals surface area contributed by atoms with Crippen LogP contribution in [0.3, 0.4) is 0 Å². The van der Waals surface area contributed by atoms with Crippen LogP contribution in [-0.4, -0.2) is 22.4 Å². The van der Waals surface area contributed by atoms with E-state index in [9.17, 15) is 18.8 Å². The molecule has 31 heavy (non-hydrogen) atoms. The molecule has 0 atom stereocenters. The second-order valence-corrected chi connectivity index (χ2v) is 8.13. The lowest BCUT2D eigenvalue weighted by atomic mass is 10.0. The van der Waals surface area contributed by atoms with Gasteiger partial charge >= 0.3 is 5.69 Å². The zero-order valence-corrected chi connectivity index (χ0v) is 17.9. The number of methoxy groups -OCH3 is 1. The quantitative estimate of drug-likeness (QED) is 0.477. The van der Waals surface area contributed by atoms with E-state index >= 15 is 0 Å². The Labute approximate surface area is 180 Å². The van der Waals surface area contributed by atoms with Gasteiger partial charge in [-0.1, -0.05) is 6.07 Å². The minimum Gasteiger partial charge on any atom is -0.496 e. The highest BCUT2D eigenvalue weighted by atomic mass is 32.1. The molecule has 0 aliphatic heterocycles. The Kier molecular flexibility index (Phi) is 5.32. The largest absolute Gasteiger partial charge is 0.496 e. The lowest BCUT2D eigenvalue weighted by Crippen LogP contribution is -2.37. The van der Waals surface area contributed by atoms with Crippen LogP contribution in [0.25, 0.3) is 21.3 Å². The summed E-state index contributed by atoms with van der Waals surface area (Å²) in [6, 6.07) is 9.51. The molecule has 0 amide bonds. The number of H-pyrrole nitrogens is 1. The number of fused-ring (bicyclic) bond motifs is 1. The van der Waals surface area contributed by atoms with Crippen molar-refractivity contribution in [1.29, 1.82) is 0 Å². The van der Waals surface area contributed by atoms with Crippen LogP contribution in [0.4, 0.5) is 4.39 Å². The van der Waals surface area contributed by atoms with Gasteiger partial charge in [0.2, 0.25) is 0 Å². The van der Waals surface area contributed by atoms with E-state index in [1.807, 2.05) is 25.1 Å². The smallest absolute Gasteiger partial charge is 0.329 e. The highest BCUT2D eigenvalue weighted by Crippen LogP contribution is 2.32. The average Bonchev–Trinajstić information content (AvgIpc) is 3.16. The summed E-state index contributed by atoms with van der Waals surface area (Å²) >= 11 is 1.25. The van der Waals surface area contributed by atoms with Crippen LogP contribution in [0.1, 0.15) is 21.5 Å². The number of ether oxygens (including phenoxy) is 1. The molecule has 8 heteroatoms. The first kappa shape index (κ1) is 20.7. The van der Waals surface area contributed by atoms with Crippen molar-refractivity contribution >= 4 is 27.3 Å². The molecule has 158 valence electrons. The SMILES string of the molecule is COc1ccc(-c2csc3[nH]c(=O)n(CC(=O)c4ccc(F)c(C)c4)c(=O)c23)cc1C. The van der Waals surface area contributed by atoms with Crippen LogP contribution < -0.4 is 16.0 Å². The Hall–Kier alpha value is -3.52. The van der Waals surface area contributed by atoms with E-state index < -0.39 is 29.4 Å². The number of Topliss-reactive ketones (excluding diaryl/α,β-unsaturated/α-hetero) is 1. The maximum atomic E-state index is 13.5. The van der Waals surface area contributed by atoms with E-state index in [2.05, 4.69) is 4.98 Å². The van der Waals surface area contributed by atoms with Crippen LogP contribution in [-0.2, 0) is 6.54 Å². The van der Waals surface area contributed by atoms with Crippen LogP contribution in [0.15, 0.2) is 51.4 Å². The van der Waals surface area contributed by atoms with Gasteiger partial charge in [-0.15, -0.1) is 11.3 Å². The highest BCUT2D eigenvalue weighted by molar-refractivity contribution is 7.17. The number of hydrogen-bond acceptors (Lipinski definition) is 5. The molecule has 0 unspecified atom stereocenters. The van der Waals surface area contributed by atoms with Crippen LogP contribution >= 0.6 is 11.3 Å². The Bertz CT molecular complexity index is 1450. The second-order valence-electron chi connectivity index (χ2n) is 7.25. The monoisotopic (exact) mass is 438 g/mol. The molecule has 0 saturated carbocycles. The number of aryl methyl sites for hydroxylation is 2. The van der Waals surface area contributed by atoms with Gasteiger partial charge in [0.05, 0.1) is 19.0 Å². The summed E-state index contributed by atoms with van der Waals surface area (Å²) in [6.07, 6.45) is 0. The molecular weight excluding hydrogens is 419 g/mol. The van der Waals surface area contributed by atoms with Gasteiger partial charge in [-0.2, -0.15) is 0 Å². The Morgan fingerprint density at radius 1 is 1.13 bits per heavy atom. The van der Waals surface area contributed by atoms with Crippen molar-refractivity contribution in [2.24, 2.45) is 0 Å². The van der Waals surface area contributed by atoms with E-state index in [1.54, 1.807) is 19.4 Å². The third kappa shape index (κ3) is 3.70. The summed E-state index contributed by atoms with van der Waals surface area (Å²) in [4.78, 5) is 41.5. The fraction of sp³-hybridized carbons (Fsp3) is 0.174. The molecule has 4 rings (SSSR count). The highest BCUT2D eigenvalue weighted by Gasteiger charge is 2.18. The maximum absolute atomic E-state index is 13.5. The molecule has 0 radical (unpaired) electrons. The normalized spacial score (nSPS) is 11.1. The van der Waals surface area contributed by atoms with Crippen LogP contribution in [0.2, 0.25) is 0 Å². The molecular formula is C23H19FN2O4S. The lowest BCUT2D eigenvalue weighted by Gasteiger charge is -2.08. The summed E-state index contributed by atoms with van der Waals surface area (Å²) in [7, 11) is 1.59. The first-order valence-corrected chi connectivity index (χ1v) is 10.4. The van der Waals surface area contributed by atoms with Crippen LogP contribution in [0, 0.1) is 19.7 Å². The zero-order valence-electron chi connectivity index (χ0n) is 17.1. The van der Waals surface area contributed by atoms with Gasteiger partial charge < -0.3 is 4.74 Å². The van der Waals surface area contributed by atoms with Crippen molar-refractivity contribution in [3.8, 4) is 16.9 Å². The van der Waals surface area contributed by atoms with Crippen molar-refractivity contribution in [2.75, 3.05) is 7.11 Å². The average molecular weight is 438 g/mol. The number of carbonyl (C=O) groups is 1. The van der Waals surface area contributed by atoms with Crippen molar-refractivity contribution in [2.45, 2.75) is 20.4 Å². The van der Waals surface area contributed by atoms with Gasteiger partial charge in [-0.25, -0.2) is 9.18 Å². The number of benzene rings is 2. The van der Waals surface area contributed by atoms with Gasteiger partial charge in [0.15, 0.2) is 5.78 Å². The van der Waals surface area contributed by atoms with Gasteiger partial charge in [-0.05, 0) is 60.9 Å². The van der Waals surface area contributed by atoms with Gasteiger partial charge in [-0.3, -0.25) is 19.1 Å². The molecule has 0 aliphatic carbocycles. The fourth-order valence-electron chi connectivity index (χ4n) is 3.51. The topological polar surface area (TPSA) is 81.2 Å². The first-order chi connectivity index (χ1) is 14.8. The fourth-order valence-corrected chi connectivity index (χ4v) is 4.46. The molecule has 2 heterocycles. The number of aromatic amines is 1. The number of carbonyl (C=O) groups excluding carboxylic acids is 1. The predicted octanol–water partition coefficient (Wildman–Crippen LogP) is 4.07. The molecule has 2 aromatic carbocycles. The standard InChI is InChI=1S/C23H19FN2O4S/c1-12-8-15(4-6-17(12)24)18(27)10-26-22(28)20-16(11-31-21(20)25-23(26)29)14-5-7-19(30-3)13(2)9-14/h4-9,11H,10H2,1-3H3,(H,25,29). The third-order valence-electron chi connectivity index (χ3n) is 5.20. The molecule has 4 aromatic rings. The van der Waals surface area contributed by atoms with Crippen LogP contribution in [0.5, 0.6) is 5.75 Å². The summed E-state index contributed by atoms with van der Waals surface area (Å²) in [5.41, 5.74) is 1.73. The van der Waals surface area contributed by atoms with E-state index in [4.69, 9.17) is 4.74 Å². The number of nitrogens with zero attached hydrogens (tertiary/aromatic N) is 1. The van der Waals surface area contributed by atoms with Crippen molar-refractivity contribution in [1.82, 2.24) is 9.55 Å². The Morgan fingerprint density at radius 3 is 2.58 bits per heavy atom. The van der Waals surface area contributed by atoms with Gasteiger partial charge in [0.1, 0.15) is 16.4 Å². The van der Waals surface area contributed by atoms with E-state index in [-0.39, 0.29) is 5.56 Å². The zero-order chi connectivity index (χ0) is 22.3.